The first-order chi connectivity index (χ1) is 14.9. The van der Waals surface area contributed by atoms with Gasteiger partial charge in [0.25, 0.3) is 5.91 Å². The van der Waals surface area contributed by atoms with Crippen LogP contribution in [0.2, 0.25) is 0 Å². The first-order valence-corrected chi connectivity index (χ1v) is 9.52. The molecule has 1 heterocycles. The Kier molecular flexibility index (Phi) is 7.36. The van der Waals surface area contributed by atoms with Crippen LogP contribution in [0.4, 0.5) is 32.0 Å². The number of alkyl halides is 6. The molecule has 0 N–H and O–H groups in total. The van der Waals surface area contributed by atoms with Crippen LogP contribution in [0.1, 0.15) is 38.8 Å². The highest BCUT2D eigenvalue weighted by Crippen LogP contribution is 2.39. The van der Waals surface area contributed by atoms with Gasteiger partial charge in [0.2, 0.25) is 6.10 Å². The van der Waals surface area contributed by atoms with E-state index in [0.717, 1.165) is 6.92 Å². The zero-order valence-electron chi connectivity index (χ0n) is 18.0. The van der Waals surface area contributed by atoms with Crippen LogP contribution in [0, 0.1) is 0 Å². The molecule has 0 aliphatic carbocycles. The van der Waals surface area contributed by atoms with Gasteiger partial charge in [0.15, 0.2) is 6.10 Å². The highest BCUT2D eigenvalue weighted by molar-refractivity contribution is 6.01. The number of esters is 2. The fraction of sp³-hybridized carbons (Fsp3) is 0.550. The summed E-state index contributed by atoms with van der Waals surface area (Å²) in [6.07, 6.45) is -14.0. The van der Waals surface area contributed by atoms with E-state index < -0.39 is 71.4 Å². The van der Waals surface area contributed by atoms with Crippen molar-refractivity contribution < 1.29 is 54.9 Å². The Hall–Kier alpha value is -2.83. The Labute approximate surface area is 184 Å². The van der Waals surface area contributed by atoms with Gasteiger partial charge in [0, 0.05) is 19.2 Å². The van der Waals surface area contributed by atoms with Crippen LogP contribution >= 0.6 is 0 Å². The van der Waals surface area contributed by atoms with Gasteiger partial charge in [-0.1, -0.05) is 0 Å². The Bertz CT molecular complexity index is 889. The van der Waals surface area contributed by atoms with Crippen LogP contribution in [0.25, 0.3) is 0 Å². The van der Waals surface area contributed by atoms with E-state index in [0.29, 0.717) is 17.0 Å². The lowest BCUT2D eigenvalue weighted by Gasteiger charge is -2.36. The minimum absolute atomic E-state index is 0.0751. The third kappa shape index (κ3) is 6.83. The molecule has 1 aromatic rings. The summed E-state index contributed by atoms with van der Waals surface area (Å²) in [5, 5.41) is 0. The number of halogens is 6. The minimum Gasteiger partial charge on any atom is -0.457 e. The number of anilines is 1. The van der Waals surface area contributed by atoms with E-state index in [9.17, 15) is 40.7 Å². The molecule has 0 spiro atoms. The summed E-state index contributed by atoms with van der Waals surface area (Å²) in [6, 6.07) is 0.682. The average molecular weight is 485 g/mol. The van der Waals surface area contributed by atoms with Crippen molar-refractivity contribution in [3.05, 3.63) is 29.3 Å². The Morgan fingerprint density at radius 2 is 1.55 bits per heavy atom. The minimum atomic E-state index is -5.12. The second kappa shape index (κ2) is 9.20. The summed E-state index contributed by atoms with van der Waals surface area (Å²) in [6.45, 7) is 4.64. The maximum absolute atomic E-state index is 13.2. The van der Waals surface area contributed by atoms with Crippen LogP contribution in [-0.4, -0.2) is 48.8 Å². The van der Waals surface area contributed by atoms with Crippen molar-refractivity contribution in [1.82, 2.24) is 0 Å². The summed E-state index contributed by atoms with van der Waals surface area (Å²) in [7, 11) is 0. The molecule has 1 aromatic carbocycles. The quantitative estimate of drug-likeness (QED) is 0.478. The van der Waals surface area contributed by atoms with Crippen LogP contribution < -0.4 is 4.90 Å². The fourth-order valence-electron chi connectivity index (χ4n) is 2.95. The molecular formula is C20H21F6NO6. The summed E-state index contributed by atoms with van der Waals surface area (Å²) in [4.78, 5) is 37.6. The van der Waals surface area contributed by atoms with Crippen molar-refractivity contribution in [2.75, 3.05) is 18.1 Å². The van der Waals surface area contributed by atoms with E-state index in [1.807, 2.05) is 0 Å². The highest BCUT2D eigenvalue weighted by atomic mass is 19.4. The molecule has 0 bridgehead atoms. The maximum atomic E-state index is 13.2. The number of hydrogen-bond acceptors (Lipinski definition) is 6. The zero-order chi connectivity index (χ0) is 25.4. The number of nitrogens with zero attached hydrogens (tertiary/aromatic N) is 1. The number of carbonyl (C=O) groups is 3. The number of rotatable bonds is 4. The van der Waals surface area contributed by atoms with Crippen LogP contribution in [0.5, 0.6) is 0 Å². The molecular weight excluding hydrogens is 464 g/mol. The molecule has 2 unspecified atom stereocenters. The SMILES string of the molecule is CC(=O)OC(C(=O)OC(C)(C)C)C1OCCN(c2cc(C(F)(F)F)cc(C(F)(F)F)c2)C1=O. The van der Waals surface area contributed by atoms with Crippen molar-refractivity contribution in [1.29, 1.82) is 0 Å². The van der Waals surface area contributed by atoms with Crippen molar-refractivity contribution in [2.24, 2.45) is 0 Å². The lowest BCUT2D eigenvalue weighted by molar-refractivity contribution is -0.188. The zero-order valence-corrected chi connectivity index (χ0v) is 18.0. The molecule has 184 valence electrons. The molecule has 13 heteroatoms. The van der Waals surface area contributed by atoms with Gasteiger partial charge >= 0.3 is 24.3 Å². The number of hydrogen-bond donors (Lipinski definition) is 0. The topological polar surface area (TPSA) is 82.1 Å². The third-order valence-electron chi connectivity index (χ3n) is 4.21. The van der Waals surface area contributed by atoms with E-state index in [4.69, 9.17) is 14.2 Å². The van der Waals surface area contributed by atoms with Crippen molar-refractivity contribution in [2.45, 2.75) is 57.9 Å². The molecule has 1 saturated heterocycles. The second-order valence-electron chi connectivity index (χ2n) is 8.11. The van der Waals surface area contributed by atoms with Gasteiger partial charge < -0.3 is 19.1 Å². The van der Waals surface area contributed by atoms with Gasteiger partial charge in [-0.05, 0) is 39.0 Å². The van der Waals surface area contributed by atoms with E-state index in [1.54, 1.807) is 0 Å². The second-order valence-corrected chi connectivity index (χ2v) is 8.11. The predicted octanol–water partition coefficient (Wildman–Crippen LogP) is 3.73. The molecule has 0 aromatic heterocycles. The molecule has 1 aliphatic heterocycles. The molecule has 1 amide bonds. The van der Waals surface area contributed by atoms with Gasteiger partial charge in [0.05, 0.1) is 17.7 Å². The Balaban J connectivity index is 2.48. The smallest absolute Gasteiger partial charge is 0.416 e. The largest absolute Gasteiger partial charge is 0.457 e. The summed E-state index contributed by atoms with van der Waals surface area (Å²) in [5.74, 6) is -3.33. The van der Waals surface area contributed by atoms with Crippen LogP contribution in [-0.2, 0) is 40.9 Å². The molecule has 0 saturated carbocycles. The predicted molar refractivity (Wildman–Crippen MR) is 99.9 cm³/mol. The Morgan fingerprint density at radius 3 is 1.97 bits per heavy atom. The molecule has 2 atom stereocenters. The van der Waals surface area contributed by atoms with Gasteiger partial charge in [-0.25, -0.2) is 4.79 Å². The molecule has 1 aliphatic rings. The monoisotopic (exact) mass is 485 g/mol. The number of amides is 1. The molecule has 1 fully saturated rings. The number of morpholine rings is 1. The summed E-state index contributed by atoms with van der Waals surface area (Å²) >= 11 is 0. The molecule has 33 heavy (non-hydrogen) atoms. The van der Waals surface area contributed by atoms with E-state index in [2.05, 4.69) is 0 Å². The molecule has 7 nitrogen and oxygen atoms in total. The maximum Gasteiger partial charge on any atom is 0.416 e. The molecule has 0 radical (unpaired) electrons. The fourth-order valence-corrected chi connectivity index (χ4v) is 2.95. The van der Waals surface area contributed by atoms with E-state index >= 15 is 0 Å². The average Bonchev–Trinajstić information content (AvgIpc) is 2.63. The summed E-state index contributed by atoms with van der Waals surface area (Å²) < 4.78 is 94.4. The lowest BCUT2D eigenvalue weighted by Crippen LogP contribution is -2.56. The first kappa shape index (κ1) is 26.4. The van der Waals surface area contributed by atoms with Crippen molar-refractivity contribution in [3.63, 3.8) is 0 Å². The highest BCUT2D eigenvalue weighted by Gasteiger charge is 2.45. The lowest BCUT2D eigenvalue weighted by atomic mass is 10.1. The Morgan fingerprint density at radius 1 is 1.03 bits per heavy atom. The van der Waals surface area contributed by atoms with E-state index in [-0.39, 0.29) is 12.7 Å². The molecule has 2 rings (SSSR count). The number of carbonyl (C=O) groups excluding carboxylic acids is 3. The van der Waals surface area contributed by atoms with E-state index in [1.165, 1.54) is 20.8 Å². The van der Waals surface area contributed by atoms with Crippen LogP contribution in [0.3, 0.4) is 0 Å². The summed E-state index contributed by atoms with van der Waals surface area (Å²) in [5.41, 5.74) is -5.00. The van der Waals surface area contributed by atoms with Crippen molar-refractivity contribution in [3.8, 4) is 0 Å². The van der Waals surface area contributed by atoms with Gasteiger partial charge in [0.1, 0.15) is 5.60 Å². The third-order valence-corrected chi connectivity index (χ3v) is 4.21. The normalized spacial score (nSPS) is 18.7. The first-order valence-electron chi connectivity index (χ1n) is 9.52. The van der Waals surface area contributed by atoms with Gasteiger partial charge in [-0.3, -0.25) is 9.59 Å². The van der Waals surface area contributed by atoms with Gasteiger partial charge in [-0.2, -0.15) is 26.3 Å². The van der Waals surface area contributed by atoms with Crippen molar-refractivity contribution >= 4 is 23.5 Å². The number of ether oxygens (including phenoxy) is 3. The van der Waals surface area contributed by atoms with Crippen LogP contribution in [0.15, 0.2) is 18.2 Å². The van der Waals surface area contributed by atoms with Gasteiger partial charge in [-0.15, -0.1) is 0 Å². The standard InChI is InChI=1S/C20H21F6NO6/c1-10(28)32-15(17(30)33-18(2,3)4)14-16(29)27(5-6-31-14)13-8-11(19(21,22)23)7-12(9-13)20(24,25)26/h7-9,14-15H,5-6H2,1-4H3. The number of benzene rings is 1.